The fourth-order valence-corrected chi connectivity index (χ4v) is 0.290. The highest BCUT2D eigenvalue weighted by Crippen LogP contribution is 1.93. The van der Waals surface area contributed by atoms with Gasteiger partial charge in [-0.3, -0.25) is 0 Å². The maximum Gasteiger partial charge on any atom is 0.0663 e. The van der Waals surface area contributed by atoms with Crippen LogP contribution in [0.4, 0.5) is 0 Å². The van der Waals surface area contributed by atoms with Crippen LogP contribution in [-0.2, 0) is 0 Å². The molecular formula is C7H9N. The Kier molecular flexibility index (Phi) is 3.60. The lowest BCUT2D eigenvalue weighted by molar-refractivity contribution is 1.32. The molecule has 0 saturated carbocycles. The van der Waals surface area contributed by atoms with Crippen molar-refractivity contribution in [2.45, 2.75) is 13.3 Å². The first kappa shape index (κ1) is 6.97. The van der Waals surface area contributed by atoms with Gasteiger partial charge in [-0.05, 0) is 6.92 Å². The highest BCUT2D eigenvalue weighted by Gasteiger charge is 1.75. The summed E-state index contributed by atoms with van der Waals surface area (Å²) in [5, 5.41) is 8.08. The molecule has 8 heavy (non-hydrogen) atoms. The quantitative estimate of drug-likeness (QED) is 0.495. The standard InChI is InChI=1S/C7H9N/c1-3-7(2)5-4-6-8/h3,5H,1,4H2,2H3. The van der Waals surface area contributed by atoms with Crippen LogP contribution >= 0.6 is 0 Å². The number of nitriles is 1. The topological polar surface area (TPSA) is 23.8 Å². The molecule has 0 aliphatic rings. The third-order valence-electron chi connectivity index (χ3n) is 0.837. The van der Waals surface area contributed by atoms with Gasteiger partial charge in [0.2, 0.25) is 0 Å². The molecule has 0 aromatic heterocycles. The van der Waals surface area contributed by atoms with Crippen molar-refractivity contribution in [3.8, 4) is 6.07 Å². The third-order valence-corrected chi connectivity index (χ3v) is 0.837. The monoisotopic (exact) mass is 107 g/mol. The van der Waals surface area contributed by atoms with Gasteiger partial charge in [0.1, 0.15) is 0 Å². The van der Waals surface area contributed by atoms with E-state index >= 15 is 0 Å². The lowest BCUT2D eigenvalue weighted by Gasteiger charge is -1.82. The SMILES string of the molecule is C=CC(C)=CCC#N. The number of allylic oxidation sites excluding steroid dienone is 3. The van der Waals surface area contributed by atoms with Crippen molar-refractivity contribution in [3.05, 3.63) is 24.3 Å². The molecule has 42 valence electrons. The van der Waals surface area contributed by atoms with Crippen molar-refractivity contribution >= 4 is 0 Å². The summed E-state index contributed by atoms with van der Waals surface area (Å²) in [7, 11) is 0. The van der Waals surface area contributed by atoms with Gasteiger partial charge in [-0.2, -0.15) is 5.26 Å². The van der Waals surface area contributed by atoms with Gasteiger partial charge in [-0.15, -0.1) is 0 Å². The van der Waals surface area contributed by atoms with Crippen molar-refractivity contribution in [3.63, 3.8) is 0 Å². The van der Waals surface area contributed by atoms with E-state index in [9.17, 15) is 0 Å². The third kappa shape index (κ3) is 3.17. The van der Waals surface area contributed by atoms with Crippen molar-refractivity contribution in [2.75, 3.05) is 0 Å². The van der Waals surface area contributed by atoms with Crippen LogP contribution in [0, 0.1) is 11.3 Å². The minimum atomic E-state index is 0.484. The van der Waals surface area contributed by atoms with Gasteiger partial charge in [0, 0.05) is 0 Å². The van der Waals surface area contributed by atoms with Gasteiger partial charge in [-0.1, -0.05) is 24.3 Å². The number of hydrogen-bond donors (Lipinski definition) is 0. The molecule has 0 amide bonds. The first-order valence-electron chi connectivity index (χ1n) is 2.47. The Morgan fingerprint density at radius 1 is 1.88 bits per heavy atom. The normalized spacial score (nSPS) is 10.2. The Balaban J connectivity index is 3.61. The molecule has 0 aromatic carbocycles. The molecule has 0 radical (unpaired) electrons. The summed E-state index contributed by atoms with van der Waals surface area (Å²) in [5.74, 6) is 0. The zero-order valence-electron chi connectivity index (χ0n) is 5.02. The summed E-state index contributed by atoms with van der Waals surface area (Å²) in [6.07, 6.45) is 4.06. The molecule has 0 fully saturated rings. The second kappa shape index (κ2) is 4.14. The maximum atomic E-state index is 8.08. The summed E-state index contributed by atoms with van der Waals surface area (Å²) >= 11 is 0. The van der Waals surface area contributed by atoms with Gasteiger partial charge in [0.05, 0.1) is 12.5 Å². The minimum Gasteiger partial charge on any atom is -0.198 e. The number of hydrogen-bond acceptors (Lipinski definition) is 1. The van der Waals surface area contributed by atoms with Crippen LogP contribution in [-0.4, -0.2) is 0 Å². The smallest absolute Gasteiger partial charge is 0.0663 e. The van der Waals surface area contributed by atoms with E-state index in [2.05, 4.69) is 6.58 Å². The first-order valence-corrected chi connectivity index (χ1v) is 2.47. The Morgan fingerprint density at radius 3 is 2.88 bits per heavy atom. The zero-order valence-corrected chi connectivity index (χ0v) is 5.02. The summed E-state index contributed by atoms with van der Waals surface area (Å²) in [5.41, 5.74) is 1.06. The molecule has 0 saturated heterocycles. The average Bonchev–Trinajstić information content (AvgIpc) is 1.83. The van der Waals surface area contributed by atoms with Gasteiger partial charge in [-0.25, -0.2) is 0 Å². The summed E-state index contributed by atoms with van der Waals surface area (Å²) in [6, 6.07) is 2.01. The lowest BCUT2D eigenvalue weighted by Crippen LogP contribution is -1.64. The van der Waals surface area contributed by atoms with Crippen molar-refractivity contribution in [1.29, 1.82) is 5.26 Å². The molecule has 0 aliphatic heterocycles. The van der Waals surface area contributed by atoms with E-state index in [1.807, 2.05) is 19.1 Å². The van der Waals surface area contributed by atoms with E-state index < -0.39 is 0 Å². The highest BCUT2D eigenvalue weighted by molar-refractivity contribution is 5.14. The van der Waals surface area contributed by atoms with Gasteiger partial charge in [0.15, 0.2) is 0 Å². The van der Waals surface area contributed by atoms with E-state index in [1.54, 1.807) is 6.08 Å². The zero-order chi connectivity index (χ0) is 6.41. The molecule has 0 spiro atoms. The summed E-state index contributed by atoms with van der Waals surface area (Å²) < 4.78 is 0. The number of nitrogens with zero attached hydrogens (tertiary/aromatic N) is 1. The summed E-state index contributed by atoms with van der Waals surface area (Å²) in [6.45, 7) is 5.46. The highest BCUT2D eigenvalue weighted by atomic mass is 14.2. The number of rotatable bonds is 2. The van der Waals surface area contributed by atoms with Crippen LogP contribution in [0.2, 0.25) is 0 Å². The molecule has 0 N–H and O–H groups in total. The maximum absolute atomic E-state index is 8.08. The largest absolute Gasteiger partial charge is 0.198 e. The van der Waals surface area contributed by atoms with Gasteiger partial charge >= 0.3 is 0 Å². The van der Waals surface area contributed by atoms with Crippen LogP contribution < -0.4 is 0 Å². The molecule has 0 unspecified atom stereocenters. The van der Waals surface area contributed by atoms with Crippen molar-refractivity contribution in [1.82, 2.24) is 0 Å². The van der Waals surface area contributed by atoms with Crippen molar-refractivity contribution < 1.29 is 0 Å². The molecule has 0 aromatic rings. The molecule has 1 nitrogen and oxygen atoms in total. The van der Waals surface area contributed by atoms with E-state index in [-0.39, 0.29) is 0 Å². The second-order valence-corrected chi connectivity index (χ2v) is 1.51. The van der Waals surface area contributed by atoms with Crippen LogP contribution in [0.3, 0.4) is 0 Å². The van der Waals surface area contributed by atoms with E-state index in [4.69, 9.17) is 5.26 Å². The van der Waals surface area contributed by atoms with Gasteiger partial charge in [0.25, 0.3) is 0 Å². The Labute approximate surface area is 49.9 Å². The van der Waals surface area contributed by atoms with Crippen LogP contribution in [0.15, 0.2) is 24.3 Å². The Hall–Kier alpha value is -1.03. The molecule has 0 heterocycles. The molecule has 1 heteroatoms. The van der Waals surface area contributed by atoms with E-state index in [1.165, 1.54) is 0 Å². The second-order valence-electron chi connectivity index (χ2n) is 1.51. The molecule has 0 rings (SSSR count). The first-order chi connectivity index (χ1) is 3.81. The molecule has 0 aliphatic carbocycles. The Morgan fingerprint density at radius 2 is 2.50 bits per heavy atom. The predicted molar refractivity (Wildman–Crippen MR) is 34.2 cm³/mol. The Bertz CT molecular complexity index is 137. The van der Waals surface area contributed by atoms with E-state index in [0.29, 0.717) is 6.42 Å². The fourth-order valence-electron chi connectivity index (χ4n) is 0.290. The molecule has 0 atom stereocenters. The van der Waals surface area contributed by atoms with Crippen LogP contribution in [0.1, 0.15) is 13.3 Å². The predicted octanol–water partition coefficient (Wildman–Crippen LogP) is 2.03. The fraction of sp³-hybridized carbons (Fsp3) is 0.286. The van der Waals surface area contributed by atoms with Crippen LogP contribution in [0.25, 0.3) is 0 Å². The van der Waals surface area contributed by atoms with E-state index in [0.717, 1.165) is 5.57 Å². The van der Waals surface area contributed by atoms with Crippen LogP contribution in [0.5, 0.6) is 0 Å². The average molecular weight is 107 g/mol. The summed E-state index contributed by atoms with van der Waals surface area (Å²) in [4.78, 5) is 0. The molecule has 0 bridgehead atoms. The van der Waals surface area contributed by atoms with Gasteiger partial charge < -0.3 is 0 Å². The molecular weight excluding hydrogens is 98.1 g/mol. The lowest BCUT2D eigenvalue weighted by atomic mass is 10.2. The minimum absolute atomic E-state index is 0.484. The van der Waals surface area contributed by atoms with Crippen molar-refractivity contribution in [2.24, 2.45) is 0 Å².